The highest BCUT2D eigenvalue weighted by Gasteiger charge is 2.21. The molecule has 0 unspecified atom stereocenters. The molecule has 1 aromatic carbocycles. The summed E-state index contributed by atoms with van der Waals surface area (Å²) in [6, 6.07) is 1.17. The van der Waals surface area contributed by atoms with Crippen LogP contribution in [0.2, 0.25) is 0 Å². The first-order valence-electron chi connectivity index (χ1n) is 5.50. The Balaban J connectivity index is 2.87. The lowest BCUT2D eigenvalue weighted by Gasteiger charge is -2.11. The van der Waals surface area contributed by atoms with Crippen molar-refractivity contribution in [2.24, 2.45) is 5.14 Å². The first kappa shape index (κ1) is 15.8. The van der Waals surface area contributed by atoms with Crippen LogP contribution in [0.1, 0.15) is 12.8 Å². The van der Waals surface area contributed by atoms with Crippen molar-refractivity contribution < 1.29 is 26.7 Å². The molecule has 0 aliphatic rings. The third kappa shape index (κ3) is 4.73. The number of ether oxygens (including phenoxy) is 2. The molecule has 108 valence electrons. The quantitative estimate of drug-likeness (QED) is 0.772. The Morgan fingerprint density at radius 3 is 2.42 bits per heavy atom. The summed E-state index contributed by atoms with van der Waals surface area (Å²) in [5.41, 5.74) is 0. The van der Waals surface area contributed by atoms with Crippen LogP contribution >= 0.6 is 0 Å². The zero-order valence-corrected chi connectivity index (χ0v) is 11.2. The number of halogens is 2. The molecule has 0 aliphatic heterocycles. The Morgan fingerprint density at radius 2 is 1.84 bits per heavy atom. The largest absolute Gasteiger partial charge is 0.489 e. The van der Waals surface area contributed by atoms with Gasteiger partial charge in [0.25, 0.3) is 0 Å². The fourth-order valence-corrected chi connectivity index (χ4v) is 2.10. The summed E-state index contributed by atoms with van der Waals surface area (Å²) in [7, 11) is -2.71. The van der Waals surface area contributed by atoms with Crippen LogP contribution in [0.5, 0.6) is 5.75 Å². The van der Waals surface area contributed by atoms with Gasteiger partial charge in [0.2, 0.25) is 10.0 Å². The number of hydrogen-bond donors (Lipinski definition) is 1. The Morgan fingerprint density at radius 1 is 1.21 bits per heavy atom. The number of benzene rings is 1. The van der Waals surface area contributed by atoms with Gasteiger partial charge in [0.05, 0.1) is 6.61 Å². The number of nitrogens with two attached hydrogens (primary N) is 1. The summed E-state index contributed by atoms with van der Waals surface area (Å²) >= 11 is 0. The predicted molar refractivity (Wildman–Crippen MR) is 64.3 cm³/mol. The molecule has 2 N–H and O–H groups in total. The number of sulfonamides is 1. The van der Waals surface area contributed by atoms with Crippen molar-refractivity contribution >= 4 is 10.0 Å². The Hall–Kier alpha value is -1.25. The third-order valence-corrected chi connectivity index (χ3v) is 3.19. The summed E-state index contributed by atoms with van der Waals surface area (Å²) in [4.78, 5) is -0.697. The minimum Gasteiger partial charge on any atom is -0.489 e. The molecule has 19 heavy (non-hydrogen) atoms. The van der Waals surface area contributed by atoms with Crippen LogP contribution < -0.4 is 9.88 Å². The van der Waals surface area contributed by atoms with E-state index in [1.807, 2.05) is 0 Å². The maximum Gasteiger partial charge on any atom is 0.241 e. The van der Waals surface area contributed by atoms with E-state index in [4.69, 9.17) is 14.6 Å². The molecule has 0 aromatic heterocycles. The van der Waals surface area contributed by atoms with Crippen LogP contribution in [0.25, 0.3) is 0 Å². The van der Waals surface area contributed by atoms with Gasteiger partial charge in [-0.25, -0.2) is 22.3 Å². The molecule has 1 rings (SSSR count). The van der Waals surface area contributed by atoms with Crippen LogP contribution in [-0.4, -0.2) is 28.7 Å². The average molecular weight is 295 g/mol. The van der Waals surface area contributed by atoms with Crippen LogP contribution in [0, 0.1) is 11.6 Å². The fourth-order valence-electron chi connectivity index (χ4n) is 1.41. The first-order chi connectivity index (χ1) is 8.86. The standard InChI is InChI=1S/C11H15F2NO4S/c1-17-4-2-3-5-18-11-9(13)6-8(12)7-10(11)19(14,15)16/h6-7H,2-5H2,1H3,(H2,14,15,16). The van der Waals surface area contributed by atoms with Gasteiger partial charge >= 0.3 is 0 Å². The van der Waals surface area contributed by atoms with Crippen LogP contribution in [0.4, 0.5) is 8.78 Å². The maximum atomic E-state index is 13.5. The van der Waals surface area contributed by atoms with E-state index in [1.54, 1.807) is 7.11 Å². The highest BCUT2D eigenvalue weighted by molar-refractivity contribution is 7.89. The lowest BCUT2D eigenvalue weighted by atomic mass is 10.3. The Kier molecular flexibility index (Phi) is 5.64. The second-order valence-electron chi connectivity index (χ2n) is 3.81. The van der Waals surface area contributed by atoms with Crippen molar-refractivity contribution in [3.63, 3.8) is 0 Å². The topological polar surface area (TPSA) is 78.6 Å². The normalized spacial score (nSPS) is 11.6. The Bertz CT molecular complexity index is 534. The molecule has 0 atom stereocenters. The number of hydrogen-bond acceptors (Lipinski definition) is 4. The SMILES string of the molecule is COCCCCOc1c(F)cc(F)cc1S(N)(=O)=O. The van der Waals surface area contributed by atoms with Gasteiger partial charge in [0.15, 0.2) is 11.6 Å². The molecule has 0 heterocycles. The van der Waals surface area contributed by atoms with Crippen LogP contribution in [0.3, 0.4) is 0 Å². The van der Waals surface area contributed by atoms with Crippen molar-refractivity contribution in [2.45, 2.75) is 17.7 Å². The minimum absolute atomic E-state index is 0.0778. The van der Waals surface area contributed by atoms with Crippen molar-refractivity contribution in [3.8, 4) is 5.75 Å². The third-order valence-electron chi connectivity index (χ3n) is 2.27. The predicted octanol–water partition coefficient (Wildman–Crippen LogP) is 1.42. The summed E-state index contributed by atoms with van der Waals surface area (Å²) < 4.78 is 58.8. The van der Waals surface area contributed by atoms with E-state index in [2.05, 4.69) is 0 Å². The van der Waals surface area contributed by atoms with Crippen molar-refractivity contribution in [3.05, 3.63) is 23.8 Å². The van der Waals surface area contributed by atoms with E-state index in [0.29, 0.717) is 31.6 Å². The molecular weight excluding hydrogens is 280 g/mol. The van der Waals surface area contributed by atoms with Gasteiger partial charge < -0.3 is 9.47 Å². The summed E-state index contributed by atoms with van der Waals surface area (Å²) in [5.74, 6) is -2.69. The molecule has 8 heteroatoms. The molecule has 1 aromatic rings. The first-order valence-corrected chi connectivity index (χ1v) is 7.04. The summed E-state index contributed by atoms with van der Waals surface area (Å²) in [6.07, 6.45) is 1.21. The van der Waals surface area contributed by atoms with E-state index >= 15 is 0 Å². The van der Waals surface area contributed by atoms with Crippen molar-refractivity contribution in [1.29, 1.82) is 0 Å². The van der Waals surface area contributed by atoms with Crippen LogP contribution in [0.15, 0.2) is 17.0 Å². The number of primary sulfonamides is 1. The molecule has 0 saturated heterocycles. The molecule has 0 radical (unpaired) electrons. The van der Waals surface area contributed by atoms with E-state index < -0.39 is 32.3 Å². The smallest absolute Gasteiger partial charge is 0.241 e. The lowest BCUT2D eigenvalue weighted by Crippen LogP contribution is -2.15. The van der Waals surface area contributed by atoms with E-state index in [0.717, 1.165) is 0 Å². The van der Waals surface area contributed by atoms with Gasteiger partial charge in [-0.15, -0.1) is 0 Å². The van der Waals surface area contributed by atoms with Gasteiger partial charge in [0.1, 0.15) is 10.7 Å². The fraction of sp³-hybridized carbons (Fsp3) is 0.455. The Labute approximate surface area is 110 Å². The van der Waals surface area contributed by atoms with Crippen molar-refractivity contribution in [2.75, 3.05) is 20.3 Å². The van der Waals surface area contributed by atoms with E-state index in [1.165, 1.54) is 0 Å². The molecular formula is C11H15F2NO4S. The zero-order valence-electron chi connectivity index (χ0n) is 10.4. The second kappa shape index (κ2) is 6.78. The van der Waals surface area contributed by atoms with E-state index in [9.17, 15) is 17.2 Å². The average Bonchev–Trinajstić information content (AvgIpc) is 2.29. The number of rotatable bonds is 7. The van der Waals surface area contributed by atoms with Gasteiger partial charge in [0, 0.05) is 19.8 Å². The highest BCUT2D eigenvalue weighted by atomic mass is 32.2. The van der Waals surface area contributed by atoms with Crippen LogP contribution in [-0.2, 0) is 14.8 Å². The van der Waals surface area contributed by atoms with Crippen molar-refractivity contribution in [1.82, 2.24) is 0 Å². The molecule has 0 bridgehead atoms. The minimum atomic E-state index is -4.26. The number of methoxy groups -OCH3 is 1. The monoisotopic (exact) mass is 295 g/mol. The molecule has 0 fully saturated rings. The van der Waals surface area contributed by atoms with Gasteiger partial charge in [-0.05, 0) is 18.9 Å². The number of unbranched alkanes of at least 4 members (excludes halogenated alkanes) is 1. The summed E-state index contributed by atoms with van der Waals surface area (Å²) in [6.45, 7) is 0.589. The van der Waals surface area contributed by atoms with Gasteiger partial charge in [-0.2, -0.15) is 0 Å². The van der Waals surface area contributed by atoms with Gasteiger partial charge in [-0.3, -0.25) is 0 Å². The maximum absolute atomic E-state index is 13.5. The lowest BCUT2D eigenvalue weighted by molar-refractivity contribution is 0.182. The summed E-state index contributed by atoms with van der Waals surface area (Å²) in [5, 5.41) is 4.89. The van der Waals surface area contributed by atoms with E-state index in [-0.39, 0.29) is 6.61 Å². The van der Waals surface area contributed by atoms with Gasteiger partial charge in [-0.1, -0.05) is 0 Å². The molecule has 0 spiro atoms. The highest BCUT2D eigenvalue weighted by Crippen LogP contribution is 2.27. The molecule has 0 amide bonds. The molecule has 5 nitrogen and oxygen atoms in total. The molecule has 0 aliphatic carbocycles. The molecule has 0 saturated carbocycles. The zero-order chi connectivity index (χ0) is 14.5. The second-order valence-corrected chi connectivity index (χ2v) is 5.34.